The Kier molecular flexibility index (Phi) is 5.09. The van der Waals surface area contributed by atoms with Gasteiger partial charge in [-0.2, -0.15) is 0 Å². The lowest BCUT2D eigenvalue weighted by molar-refractivity contribution is 0.146. The van der Waals surface area contributed by atoms with Gasteiger partial charge in [0.2, 0.25) is 5.28 Å². The van der Waals surface area contributed by atoms with Crippen molar-refractivity contribution in [2.45, 2.75) is 25.8 Å². The van der Waals surface area contributed by atoms with Gasteiger partial charge in [-0.1, -0.05) is 18.2 Å². The van der Waals surface area contributed by atoms with Crippen molar-refractivity contribution in [3.05, 3.63) is 56.5 Å². The molecule has 0 spiro atoms. The monoisotopic (exact) mass is 471 g/mol. The molecule has 28 heavy (non-hydrogen) atoms. The number of nitrogens with zero attached hydrogens (tertiary/aromatic N) is 2. The first kappa shape index (κ1) is 19.3. The molecule has 1 atom stereocenters. The third-order valence-corrected chi connectivity index (χ3v) is 5.44. The molecule has 2 heterocycles. The molecule has 4 rings (SSSR count). The third kappa shape index (κ3) is 3.28. The number of anilines is 1. The Bertz CT molecular complexity index is 1080. The standard InChI is InChI=1S/C19H14BrClF3N3O/c1-8(9-3-2-4-10(14(9)22)17(23)24)25-18-12-7-13(20)16-11(5-6-28-16)15(12)26-19(21)27-18/h2-4,7-8,17H,5-6H2,1H3,(H,25,26,27)/t8-/m1/s1. The lowest BCUT2D eigenvalue weighted by Crippen LogP contribution is -2.12. The minimum absolute atomic E-state index is 0.0282. The Morgan fingerprint density at radius 2 is 2.00 bits per heavy atom. The summed E-state index contributed by atoms with van der Waals surface area (Å²) in [5.74, 6) is 0.175. The van der Waals surface area contributed by atoms with Gasteiger partial charge in [-0.15, -0.1) is 0 Å². The predicted octanol–water partition coefficient (Wildman–Crippen LogP) is 6.23. The van der Waals surface area contributed by atoms with Crippen molar-refractivity contribution in [3.8, 4) is 5.75 Å². The fourth-order valence-electron chi connectivity index (χ4n) is 3.36. The van der Waals surface area contributed by atoms with E-state index in [0.29, 0.717) is 29.7 Å². The molecular formula is C19H14BrClF3N3O. The number of hydrogen-bond acceptors (Lipinski definition) is 4. The van der Waals surface area contributed by atoms with Crippen molar-refractivity contribution in [2.24, 2.45) is 0 Å². The minimum atomic E-state index is -2.89. The van der Waals surface area contributed by atoms with Gasteiger partial charge in [0, 0.05) is 22.9 Å². The van der Waals surface area contributed by atoms with Crippen molar-refractivity contribution < 1.29 is 17.9 Å². The van der Waals surface area contributed by atoms with Crippen molar-refractivity contribution in [2.75, 3.05) is 11.9 Å². The second-order valence-corrected chi connectivity index (χ2v) is 7.61. The average Bonchev–Trinajstić information content (AvgIpc) is 3.13. The van der Waals surface area contributed by atoms with Crippen LogP contribution in [-0.2, 0) is 6.42 Å². The maximum atomic E-state index is 14.5. The number of alkyl halides is 2. The Hall–Kier alpha value is -2.06. The van der Waals surface area contributed by atoms with Crippen molar-refractivity contribution in [1.29, 1.82) is 0 Å². The molecule has 0 aliphatic carbocycles. The van der Waals surface area contributed by atoms with E-state index in [2.05, 4.69) is 31.2 Å². The van der Waals surface area contributed by atoms with E-state index in [-0.39, 0.29) is 10.8 Å². The molecule has 1 aliphatic heterocycles. The van der Waals surface area contributed by atoms with Gasteiger partial charge in [0.05, 0.1) is 28.2 Å². The van der Waals surface area contributed by atoms with E-state index in [9.17, 15) is 13.2 Å². The van der Waals surface area contributed by atoms with Crippen LogP contribution >= 0.6 is 27.5 Å². The Labute approximate surface area is 172 Å². The first-order chi connectivity index (χ1) is 13.4. The highest BCUT2D eigenvalue weighted by atomic mass is 79.9. The Morgan fingerprint density at radius 3 is 2.75 bits per heavy atom. The zero-order valence-electron chi connectivity index (χ0n) is 14.6. The quantitative estimate of drug-likeness (QED) is 0.457. The predicted molar refractivity (Wildman–Crippen MR) is 105 cm³/mol. The maximum absolute atomic E-state index is 14.5. The van der Waals surface area contributed by atoms with E-state index in [1.54, 1.807) is 13.0 Å². The number of rotatable bonds is 4. The number of aromatic nitrogens is 2. The van der Waals surface area contributed by atoms with E-state index < -0.39 is 23.8 Å². The largest absolute Gasteiger partial charge is 0.492 e. The SMILES string of the molecule is C[C@@H](Nc1nc(Cl)nc2c3c(c(Br)cc12)OCC3)c1cccc(C(F)F)c1F. The average molecular weight is 473 g/mol. The number of hydrogen-bond donors (Lipinski definition) is 1. The van der Waals surface area contributed by atoms with E-state index in [4.69, 9.17) is 16.3 Å². The molecule has 2 aromatic carbocycles. The van der Waals surface area contributed by atoms with E-state index in [1.807, 2.05) is 0 Å². The summed E-state index contributed by atoms with van der Waals surface area (Å²) in [4.78, 5) is 8.56. The highest BCUT2D eigenvalue weighted by Gasteiger charge is 2.24. The zero-order valence-corrected chi connectivity index (χ0v) is 16.9. The molecule has 9 heteroatoms. The summed E-state index contributed by atoms with van der Waals surface area (Å²) in [5, 5.41) is 3.79. The molecule has 0 fully saturated rings. The van der Waals surface area contributed by atoms with Gasteiger partial charge >= 0.3 is 0 Å². The van der Waals surface area contributed by atoms with Gasteiger partial charge in [-0.3, -0.25) is 0 Å². The van der Waals surface area contributed by atoms with Crippen LogP contribution in [0.3, 0.4) is 0 Å². The molecule has 0 radical (unpaired) electrons. The fourth-order valence-corrected chi connectivity index (χ4v) is 4.11. The van der Waals surface area contributed by atoms with Crippen LogP contribution in [0, 0.1) is 5.82 Å². The molecular weight excluding hydrogens is 459 g/mol. The summed E-state index contributed by atoms with van der Waals surface area (Å²) >= 11 is 9.59. The fraction of sp³-hybridized carbons (Fsp3) is 0.263. The van der Waals surface area contributed by atoms with Crippen LogP contribution in [0.4, 0.5) is 19.0 Å². The Balaban J connectivity index is 1.79. The van der Waals surface area contributed by atoms with Crippen LogP contribution in [0.25, 0.3) is 10.9 Å². The second-order valence-electron chi connectivity index (χ2n) is 6.42. The lowest BCUT2D eigenvalue weighted by atomic mass is 10.0. The highest BCUT2D eigenvalue weighted by molar-refractivity contribution is 9.10. The zero-order chi connectivity index (χ0) is 20.0. The minimum Gasteiger partial charge on any atom is -0.492 e. The number of halogens is 5. The van der Waals surface area contributed by atoms with E-state index in [1.165, 1.54) is 12.1 Å². The number of benzene rings is 2. The van der Waals surface area contributed by atoms with Crippen LogP contribution in [0.5, 0.6) is 5.75 Å². The molecule has 1 N–H and O–H groups in total. The first-order valence-electron chi connectivity index (χ1n) is 8.51. The molecule has 1 aliphatic rings. The molecule has 0 unspecified atom stereocenters. The number of nitrogens with one attached hydrogen (secondary N) is 1. The first-order valence-corrected chi connectivity index (χ1v) is 9.68. The summed E-state index contributed by atoms with van der Waals surface area (Å²) in [6.07, 6.45) is -2.21. The summed E-state index contributed by atoms with van der Waals surface area (Å²) < 4.78 is 46.9. The highest BCUT2D eigenvalue weighted by Crippen LogP contribution is 2.41. The summed E-state index contributed by atoms with van der Waals surface area (Å²) in [6.45, 7) is 2.21. The summed E-state index contributed by atoms with van der Waals surface area (Å²) in [6, 6.07) is 5.12. The topological polar surface area (TPSA) is 47.0 Å². The molecule has 3 aromatic rings. The van der Waals surface area contributed by atoms with Crippen LogP contribution in [0.15, 0.2) is 28.7 Å². The van der Waals surface area contributed by atoms with Gasteiger partial charge in [0.1, 0.15) is 17.4 Å². The molecule has 0 amide bonds. The van der Waals surface area contributed by atoms with Gasteiger partial charge in [0.25, 0.3) is 6.43 Å². The third-order valence-electron chi connectivity index (χ3n) is 4.68. The molecule has 4 nitrogen and oxygen atoms in total. The van der Waals surface area contributed by atoms with Gasteiger partial charge < -0.3 is 10.1 Å². The summed E-state index contributed by atoms with van der Waals surface area (Å²) in [5.41, 5.74) is 1.04. The smallest absolute Gasteiger partial charge is 0.266 e. The van der Waals surface area contributed by atoms with Crippen molar-refractivity contribution in [3.63, 3.8) is 0 Å². The van der Waals surface area contributed by atoms with Gasteiger partial charge in [-0.05, 0) is 40.5 Å². The Morgan fingerprint density at radius 1 is 1.25 bits per heavy atom. The van der Waals surface area contributed by atoms with Gasteiger partial charge in [-0.25, -0.2) is 23.1 Å². The van der Waals surface area contributed by atoms with Crippen molar-refractivity contribution in [1.82, 2.24) is 9.97 Å². The molecule has 0 bridgehead atoms. The van der Waals surface area contributed by atoms with Crippen LogP contribution in [-0.4, -0.2) is 16.6 Å². The molecule has 1 aromatic heterocycles. The lowest BCUT2D eigenvalue weighted by Gasteiger charge is -2.19. The summed E-state index contributed by atoms with van der Waals surface area (Å²) in [7, 11) is 0. The van der Waals surface area contributed by atoms with Crippen LogP contribution in [0.2, 0.25) is 5.28 Å². The molecule has 146 valence electrons. The number of fused-ring (bicyclic) bond motifs is 3. The normalized spacial score (nSPS) is 14.2. The number of ether oxygens (including phenoxy) is 1. The molecule has 0 saturated heterocycles. The molecule has 0 saturated carbocycles. The van der Waals surface area contributed by atoms with E-state index in [0.717, 1.165) is 21.9 Å². The van der Waals surface area contributed by atoms with Crippen molar-refractivity contribution >= 4 is 44.3 Å². The second kappa shape index (κ2) is 7.40. The van der Waals surface area contributed by atoms with Crippen LogP contribution < -0.4 is 10.1 Å². The van der Waals surface area contributed by atoms with Crippen LogP contribution in [0.1, 0.15) is 36.1 Å². The van der Waals surface area contributed by atoms with E-state index >= 15 is 0 Å². The van der Waals surface area contributed by atoms with Gasteiger partial charge in [0.15, 0.2) is 0 Å². The maximum Gasteiger partial charge on any atom is 0.266 e.